The molecule has 0 spiro atoms. The smallest absolute Gasteiger partial charge is 0.285 e. The van der Waals surface area contributed by atoms with Crippen LogP contribution < -0.4 is 19.1 Å². The zero-order valence-electron chi connectivity index (χ0n) is 23.7. The zero-order chi connectivity index (χ0) is 29.3. The van der Waals surface area contributed by atoms with Crippen LogP contribution in [0.3, 0.4) is 0 Å². The minimum absolute atomic E-state index is 0.0792. The molecule has 1 amide bonds. The molecule has 1 aromatic heterocycles. The Hall–Kier alpha value is -3.01. The number of anilines is 2. The lowest BCUT2D eigenvalue weighted by Crippen LogP contribution is -2.40. The third-order valence-corrected chi connectivity index (χ3v) is 9.80. The Morgan fingerprint density at radius 2 is 1.68 bits per heavy atom. The maximum Gasteiger partial charge on any atom is 0.285 e. The lowest BCUT2D eigenvalue weighted by Gasteiger charge is -2.23. The molecule has 2 aliphatic rings. The van der Waals surface area contributed by atoms with Crippen LogP contribution in [0.2, 0.25) is 10.0 Å². The fourth-order valence-corrected chi connectivity index (χ4v) is 7.43. The van der Waals surface area contributed by atoms with Crippen LogP contribution in [0.25, 0.3) is 16.6 Å². The first-order valence-corrected chi connectivity index (χ1v) is 16.5. The topological polar surface area (TPSA) is 78.5 Å². The van der Waals surface area contributed by atoms with Gasteiger partial charge in [-0.25, -0.2) is 17.6 Å². The van der Waals surface area contributed by atoms with Crippen molar-refractivity contribution in [2.45, 2.75) is 59.5 Å². The Balaban J connectivity index is 1.50. The number of fused-ring (bicyclic) bond motifs is 4. The third kappa shape index (κ3) is 5.85. The number of unbranched alkanes of at least 4 members (excludes halogenated alkanes) is 1. The van der Waals surface area contributed by atoms with E-state index >= 15 is 0 Å². The number of carbonyl (C=O) groups is 1. The van der Waals surface area contributed by atoms with E-state index in [1.54, 1.807) is 0 Å². The second kappa shape index (κ2) is 12.1. The average Bonchev–Trinajstić information content (AvgIpc) is 3.41. The highest BCUT2D eigenvalue weighted by atomic mass is 35.5. The predicted molar refractivity (Wildman–Crippen MR) is 167 cm³/mol. The molecule has 2 aliphatic heterocycles. The second-order valence-electron chi connectivity index (χ2n) is 10.4. The van der Waals surface area contributed by atoms with Gasteiger partial charge < -0.3 is 9.80 Å². The normalized spacial score (nSPS) is 15.9. The van der Waals surface area contributed by atoms with Gasteiger partial charge >= 0.3 is 0 Å². The number of nitrogens with zero attached hydrogens (tertiary/aromatic N) is 4. The number of nitrogens with one attached hydrogen (secondary N) is 1. The monoisotopic (exact) mass is 616 g/mol. The molecular formula is C30H36Cl2N5O3S+. The summed E-state index contributed by atoms with van der Waals surface area (Å²) in [5.41, 5.74) is 5.65. The maximum atomic E-state index is 12.2. The van der Waals surface area contributed by atoms with E-state index in [2.05, 4.69) is 67.9 Å². The van der Waals surface area contributed by atoms with Crippen molar-refractivity contribution in [3.63, 3.8) is 0 Å². The van der Waals surface area contributed by atoms with Crippen molar-refractivity contribution in [2.75, 3.05) is 28.6 Å². The van der Waals surface area contributed by atoms with Gasteiger partial charge in [0.2, 0.25) is 15.9 Å². The maximum absolute atomic E-state index is 12.2. The first-order valence-electron chi connectivity index (χ1n) is 14.1. The zero-order valence-corrected chi connectivity index (χ0v) is 26.0. The van der Waals surface area contributed by atoms with Crippen molar-refractivity contribution in [1.29, 1.82) is 0 Å². The highest BCUT2D eigenvalue weighted by Crippen LogP contribution is 2.45. The summed E-state index contributed by atoms with van der Waals surface area (Å²) in [6.07, 6.45) is 7.54. The molecule has 0 saturated carbocycles. The first kappa shape index (κ1) is 29.5. The number of rotatable bonds is 9. The van der Waals surface area contributed by atoms with E-state index in [1.807, 2.05) is 18.2 Å². The van der Waals surface area contributed by atoms with Gasteiger partial charge in [-0.2, -0.15) is 0 Å². The Bertz CT molecular complexity index is 1620. The molecule has 0 unspecified atom stereocenters. The number of amides is 1. The number of sulfonamides is 1. The summed E-state index contributed by atoms with van der Waals surface area (Å²) in [7, 11) is -3.61. The third-order valence-electron chi connectivity index (χ3n) is 7.65. The van der Waals surface area contributed by atoms with Crippen molar-refractivity contribution in [3.8, 4) is 0 Å². The molecule has 3 heterocycles. The summed E-state index contributed by atoms with van der Waals surface area (Å²) < 4.78 is 31.1. The van der Waals surface area contributed by atoms with Crippen LogP contribution in [0.1, 0.15) is 52.3 Å². The molecule has 5 rings (SSSR count). The van der Waals surface area contributed by atoms with Crippen LogP contribution >= 0.6 is 23.2 Å². The lowest BCUT2D eigenvalue weighted by atomic mass is 10.0. The van der Waals surface area contributed by atoms with E-state index in [0.29, 0.717) is 29.4 Å². The van der Waals surface area contributed by atoms with E-state index in [-0.39, 0.29) is 5.75 Å². The van der Waals surface area contributed by atoms with Crippen molar-refractivity contribution in [2.24, 2.45) is 0 Å². The van der Waals surface area contributed by atoms with Crippen LogP contribution in [0.4, 0.5) is 11.4 Å². The standard InChI is InChI=1S/C30H35Cl2N5O3S/c1-4-34-27-19-23(31)24(32)20-28(27)35(5-2)29(34)15-14-22-11-10-17-37-26-13-7-6-12-25(26)36(30(22)37)16-8-9-18-41(39,40)33-21(3)38/h6-7,12-15,19-20H,4-5,8-11,16-18H2,1-3H3/p+1. The van der Waals surface area contributed by atoms with E-state index in [1.165, 1.54) is 18.0 Å². The minimum Gasteiger partial charge on any atom is -0.326 e. The van der Waals surface area contributed by atoms with Crippen molar-refractivity contribution in [3.05, 3.63) is 70.2 Å². The molecule has 0 radical (unpaired) electrons. The second-order valence-corrected chi connectivity index (χ2v) is 13.0. The highest BCUT2D eigenvalue weighted by molar-refractivity contribution is 7.90. The number of benzene rings is 2. The summed E-state index contributed by atoms with van der Waals surface area (Å²) in [4.78, 5) is 15.8. The number of aromatic nitrogens is 2. The number of carbonyl (C=O) groups excluding carboxylic acids is 1. The van der Waals surface area contributed by atoms with Gasteiger partial charge in [0.1, 0.15) is 5.82 Å². The summed E-state index contributed by atoms with van der Waals surface area (Å²) in [5, 5.41) is 1.09. The summed E-state index contributed by atoms with van der Waals surface area (Å²) in [5.74, 6) is 1.60. The number of hydrogen-bond acceptors (Lipinski definition) is 5. The van der Waals surface area contributed by atoms with E-state index in [0.717, 1.165) is 61.0 Å². The number of halogens is 2. The Morgan fingerprint density at radius 3 is 2.32 bits per heavy atom. The van der Waals surface area contributed by atoms with E-state index in [4.69, 9.17) is 23.2 Å². The fourth-order valence-electron chi connectivity index (χ4n) is 5.99. The van der Waals surface area contributed by atoms with E-state index in [9.17, 15) is 13.2 Å². The fraction of sp³-hybridized carbons (Fsp3) is 0.400. The molecule has 8 nitrogen and oxygen atoms in total. The van der Waals surface area contributed by atoms with Gasteiger partial charge in [0.15, 0.2) is 11.0 Å². The minimum atomic E-state index is -3.61. The van der Waals surface area contributed by atoms with Crippen LogP contribution in [-0.4, -0.2) is 37.7 Å². The van der Waals surface area contributed by atoms with Crippen molar-refractivity contribution < 1.29 is 17.8 Å². The number of aryl methyl sites for hydroxylation is 2. The molecule has 0 saturated heterocycles. The van der Waals surface area contributed by atoms with E-state index < -0.39 is 15.9 Å². The Kier molecular flexibility index (Phi) is 8.68. The van der Waals surface area contributed by atoms with Gasteiger partial charge in [-0.05, 0) is 75.9 Å². The van der Waals surface area contributed by atoms with Gasteiger partial charge in [-0.15, -0.1) is 0 Å². The van der Waals surface area contributed by atoms with Gasteiger partial charge in [0, 0.05) is 25.6 Å². The van der Waals surface area contributed by atoms with Crippen LogP contribution in [0, 0.1) is 0 Å². The van der Waals surface area contributed by atoms with Gasteiger partial charge in [0.05, 0.1) is 40.3 Å². The Labute approximate surface area is 251 Å². The molecule has 0 atom stereocenters. The van der Waals surface area contributed by atoms with Gasteiger partial charge in [0.25, 0.3) is 5.82 Å². The number of imidazole rings is 1. The largest absolute Gasteiger partial charge is 0.326 e. The predicted octanol–water partition coefficient (Wildman–Crippen LogP) is 5.87. The van der Waals surface area contributed by atoms with Crippen LogP contribution in [0.5, 0.6) is 0 Å². The Morgan fingerprint density at radius 1 is 1.02 bits per heavy atom. The molecule has 2 aromatic carbocycles. The molecule has 41 heavy (non-hydrogen) atoms. The molecule has 0 aliphatic carbocycles. The molecule has 1 N–H and O–H groups in total. The number of para-hydroxylation sites is 2. The average molecular weight is 618 g/mol. The van der Waals surface area contributed by atoms with Gasteiger partial charge in [-0.3, -0.25) is 9.52 Å². The SMILES string of the molecule is CCN1C(=CC=C2CCC[n+]3c2n(CCCCS(=O)(=O)NC(C)=O)c2ccccc23)N(CC)c2cc(Cl)c(Cl)cc21. The highest BCUT2D eigenvalue weighted by Gasteiger charge is 2.32. The molecule has 11 heteroatoms. The first-order chi connectivity index (χ1) is 19.6. The quantitative estimate of drug-likeness (QED) is 0.240. The number of hydrogen-bond donors (Lipinski definition) is 1. The number of allylic oxidation sites excluding steroid dienone is 3. The molecule has 3 aromatic rings. The van der Waals surface area contributed by atoms with Crippen molar-refractivity contribution >= 4 is 67.1 Å². The summed E-state index contributed by atoms with van der Waals surface area (Å²) in [6, 6.07) is 12.3. The molecule has 218 valence electrons. The molecule has 0 fully saturated rings. The molecular weight excluding hydrogens is 581 g/mol. The van der Waals surface area contributed by atoms with Crippen molar-refractivity contribution in [1.82, 2.24) is 9.29 Å². The van der Waals surface area contributed by atoms with Crippen LogP contribution in [-0.2, 0) is 27.9 Å². The van der Waals surface area contributed by atoms with Gasteiger partial charge in [-0.1, -0.05) is 35.3 Å². The van der Waals surface area contributed by atoms with Crippen LogP contribution in [0.15, 0.2) is 54.4 Å². The summed E-state index contributed by atoms with van der Waals surface area (Å²) >= 11 is 12.8. The lowest BCUT2D eigenvalue weighted by molar-refractivity contribution is -0.678. The molecule has 0 bridgehead atoms. The summed E-state index contributed by atoms with van der Waals surface area (Å²) in [6.45, 7) is 8.66.